The maximum Gasteiger partial charge on any atom is 0.169 e. The second kappa shape index (κ2) is 6.25. The Balaban J connectivity index is 2.15. The largest absolute Gasteiger partial charge is 0.493 e. The number of hydrogen-bond donors (Lipinski definition) is 1. The van der Waals surface area contributed by atoms with Gasteiger partial charge in [0, 0.05) is 0 Å². The van der Waals surface area contributed by atoms with Crippen molar-refractivity contribution < 1.29 is 14.6 Å². The van der Waals surface area contributed by atoms with Gasteiger partial charge in [-0.15, -0.1) is 0 Å². The maximum absolute atomic E-state index is 9.73. The van der Waals surface area contributed by atoms with E-state index in [0.717, 1.165) is 11.3 Å². The molecule has 3 heteroatoms. The molecular weight excluding hydrogens is 240 g/mol. The number of hydrogen-bond acceptors (Lipinski definition) is 3. The van der Waals surface area contributed by atoms with Crippen molar-refractivity contribution in [3.63, 3.8) is 0 Å². The zero-order chi connectivity index (χ0) is 13.7. The SMILES string of the molecule is CC[C@@H](O)c1ccc(Oc2ccccc2OC)cc1. The van der Waals surface area contributed by atoms with Gasteiger partial charge in [0.15, 0.2) is 11.5 Å². The lowest BCUT2D eigenvalue weighted by molar-refractivity contribution is 0.173. The standard InChI is InChI=1S/C16H18O3/c1-3-14(17)12-8-10-13(11-9-12)19-16-7-5-4-6-15(16)18-2/h4-11,14,17H,3H2,1-2H3/t14-/m1/s1. The van der Waals surface area contributed by atoms with Crippen LogP contribution in [0.5, 0.6) is 17.2 Å². The Morgan fingerprint density at radius 1 is 1.00 bits per heavy atom. The van der Waals surface area contributed by atoms with Gasteiger partial charge in [0.2, 0.25) is 0 Å². The van der Waals surface area contributed by atoms with Crippen molar-refractivity contribution in [2.75, 3.05) is 7.11 Å². The Bertz CT molecular complexity index is 520. The Morgan fingerprint density at radius 2 is 1.63 bits per heavy atom. The first kappa shape index (κ1) is 13.4. The number of ether oxygens (including phenoxy) is 2. The average Bonchev–Trinajstić information content (AvgIpc) is 2.48. The molecule has 0 bridgehead atoms. The van der Waals surface area contributed by atoms with E-state index in [-0.39, 0.29) is 0 Å². The highest BCUT2D eigenvalue weighted by molar-refractivity contribution is 5.43. The summed E-state index contributed by atoms with van der Waals surface area (Å²) in [6.45, 7) is 1.95. The molecule has 1 N–H and O–H groups in total. The fraction of sp³-hybridized carbons (Fsp3) is 0.250. The van der Waals surface area contributed by atoms with Gasteiger partial charge in [0.05, 0.1) is 13.2 Å². The lowest BCUT2D eigenvalue weighted by atomic mass is 10.1. The minimum atomic E-state index is -0.416. The summed E-state index contributed by atoms with van der Waals surface area (Å²) >= 11 is 0. The van der Waals surface area contributed by atoms with E-state index in [1.807, 2.05) is 55.5 Å². The average molecular weight is 258 g/mol. The molecule has 0 aliphatic rings. The normalized spacial score (nSPS) is 11.9. The van der Waals surface area contributed by atoms with Crippen molar-refractivity contribution in [2.45, 2.75) is 19.4 Å². The smallest absolute Gasteiger partial charge is 0.169 e. The summed E-state index contributed by atoms with van der Waals surface area (Å²) in [6.07, 6.45) is 0.285. The van der Waals surface area contributed by atoms with E-state index < -0.39 is 6.10 Å². The van der Waals surface area contributed by atoms with Gasteiger partial charge in [-0.1, -0.05) is 31.2 Å². The van der Waals surface area contributed by atoms with Crippen LogP contribution in [0.4, 0.5) is 0 Å². The van der Waals surface area contributed by atoms with Gasteiger partial charge in [0.25, 0.3) is 0 Å². The second-order valence-corrected chi connectivity index (χ2v) is 4.25. The summed E-state index contributed by atoms with van der Waals surface area (Å²) in [5.41, 5.74) is 0.898. The molecule has 1 atom stereocenters. The Labute approximate surface area is 113 Å². The molecular formula is C16H18O3. The minimum absolute atomic E-state index is 0.416. The van der Waals surface area contributed by atoms with Crippen LogP contribution in [0, 0.1) is 0 Å². The summed E-state index contributed by atoms with van der Waals surface area (Å²) in [6, 6.07) is 14.9. The van der Waals surface area contributed by atoms with Crippen LogP contribution in [0.1, 0.15) is 25.0 Å². The number of methoxy groups -OCH3 is 1. The fourth-order valence-corrected chi connectivity index (χ4v) is 1.82. The quantitative estimate of drug-likeness (QED) is 0.883. The molecule has 0 saturated heterocycles. The highest BCUT2D eigenvalue weighted by atomic mass is 16.5. The number of aliphatic hydroxyl groups is 1. The van der Waals surface area contributed by atoms with Crippen LogP contribution < -0.4 is 9.47 Å². The molecule has 2 aromatic carbocycles. The molecule has 0 spiro atoms. The molecule has 19 heavy (non-hydrogen) atoms. The Hall–Kier alpha value is -2.00. The van der Waals surface area contributed by atoms with E-state index in [1.54, 1.807) is 7.11 Å². The van der Waals surface area contributed by atoms with Crippen molar-refractivity contribution >= 4 is 0 Å². The summed E-state index contributed by atoms with van der Waals surface area (Å²) < 4.78 is 11.0. The van der Waals surface area contributed by atoms with Gasteiger partial charge in [0.1, 0.15) is 5.75 Å². The molecule has 0 aliphatic carbocycles. The highest BCUT2D eigenvalue weighted by Gasteiger charge is 2.06. The van der Waals surface area contributed by atoms with Gasteiger partial charge in [-0.25, -0.2) is 0 Å². The number of rotatable bonds is 5. The zero-order valence-electron chi connectivity index (χ0n) is 11.2. The first-order chi connectivity index (χ1) is 9.24. The van der Waals surface area contributed by atoms with Crippen LogP contribution in [-0.4, -0.2) is 12.2 Å². The minimum Gasteiger partial charge on any atom is -0.493 e. The van der Waals surface area contributed by atoms with E-state index in [1.165, 1.54) is 0 Å². The summed E-state index contributed by atoms with van der Waals surface area (Å²) in [5.74, 6) is 2.09. The number of aliphatic hydroxyl groups excluding tert-OH is 1. The van der Waals surface area contributed by atoms with Gasteiger partial charge < -0.3 is 14.6 Å². The van der Waals surface area contributed by atoms with E-state index in [2.05, 4.69) is 0 Å². The molecule has 0 amide bonds. The van der Waals surface area contributed by atoms with Crippen molar-refractivity contribution in [3.05, 3.63) is 54.1 Å². The molecule has 0 saturated carbocycles. The fourth-order valence-electron chi connectivity index (χ4n) is 1.82. The molecule has 3 nitrogen and oxygen atoms in total. The molecule has 2 aromatic rings. The Kier molecular flexibility index (Phi) is 4.42. The summed E-state index contributed by atoms with van der Waals surface area (Å²) in [4.78, 5) is 0. The van der Waals surface area contributed by atoms with Gasteiger partial charge in [-0.3, -0.25) is 0 Å². The zero-order valence-corrected chi connectivity index (χ0v) is 11.2. The lowest BCUT2D eigenvalue weighted by Crippen LogP contribution is -1.95. The number of benzene rings is 2. The van der Waals surface area contributed by atoms with Crippen LogP contribution in [0.25, 0.3) is 0 Å². The van der Waals surface area contributed by atoms with Crippen LogP contribution in [-0.2, 0) is 0 Å². The van der Waals surface area contributed by atoms with Crippen LogP contribution in [0.2, 0.25) is 0 Å². The molecule has 0 heterocycles. The van der Waals surface area contributed by atoms with Crippen LogP contribution >= 0.6 is 0 Å². The predicted octanol–water partition coefficient (Wildman–Crippen LogP) is 3.93. The van der Waals surface area contributed by atoms with E-state index >= 15 is 0 Å². The monoisotopic (exact) mass is 258 g/mol. The molecule has 0 aromatic heterocycles. The highest BCUT2D eigenvalue weighted by Crippen LogP contribution is 2.31. The van der Waals surface area contributed by atoms with Crippen molar-refractivity contribution in [3.8, 4) is 17.2 Å². The third-order valence-corrected chi connectivity index (χ3v) is 2.95. The van der Waals surface area contributed by atoms with Gasteiger partial charge in [-0.2, -0.15) is 0 Å². The van der Waals surface area contributed by atoms with Crippen LogP contribution in [0.15, 0.2) is 48.5 Å². The van der Waals surface area contributed by atoms with Gasteiger partial charge >= 0.3 is 0 Å². The second-order valence-electron chi connectivity index (χ2n) is 4.25. The maximum atomic E-state index is 9.73. The van der Waals surface area contributed by atoms with Crippen molar-refractivity contribution in [1.29, 1.82) is 0 Å². The number of para-hydroxylation sites is 2. The first-order valence-electron chi connectivity index (χ1n) is 6.33. The molecule has 2 rings (SSSR count). The summed E-state index contributed by atoms with van der Waals surface area (Å²) in [7, 11) is 1.61. The van der Waals surface area contributed by atoms with Crippen molar-refractivity contribution in [2.24, 2.45) is 0 Å². The third kappa shape index (κ3) is 3.26. The van der Waals surface area contributed by atoms with E-state index in [0.29, 0.717) is 17.9 Å². The molecule has 0 fully saturated rings. The van der Waals surface area contributed by atoms with Crippen LogP contribution in [0.3, 0.4) is 0 Å². The first-order valence-corrected chi connectivity index (χ1v) is 6.33. The third-order valence-electron chi connectivity index (χ3n) is 2.95. The lowest BCUT2D eigenvalue weighted by Gasteiger charge is -2.11. The van der Waals surface area contributed by atoms with E-state index in [4.69, 9.17) is 9.47 Å². The Morgan fingerprint density at radius 3 is 2.21 bits per heavy atom. The molecule has 0 radical (unpaired) electrons. The molecule has 0 unspecified atom stereocenters. The van der Waals surface area contributed by atoms with E-state index in [9.17, 15) is 5.11 Å². The summed E-state index contributed by atoms with van der Waals surface area (Å²) in [5, 5.41) is 9.73. The van der Waals surface area contributed by atoms with Gasteiger partial charge in [-0.05, 0) is 36.2 Å². The van der Waals surface area contributed by atoms with Crippen molar-refractivity contribution in [1.82, 2.24) is 0 Å². The predicted molar refractivity (Wildman–Crippen MR) is 74.8 cm³/mol. The topological polar surface area (TPSA) is 38.7 Å². The molecule has 0 aliphatic heterocycles. The molecule has 100 valence electrons.